The van der Waals surface area contributed by atoms with Gasteiger partial charge in [0.25, 0.3) is 0 Å². The van der Waals surface area contributed by atoms with E-state index in [4.69, 9.17) is 4.74 Å². The molecule has 4 rings (SSSR count). The molecule has 174 valence electrons. The zero-order valence-corrected chi connectivity index (χ0v) is 19.7. The second-order valence-corrected chi connectivity index (χ2v) is 9.63. The van der Waals surface area contributed by atoms with Gasteiger partial charge in [-0.25, -0.2) is 9.69 Å². The van der Waals surface area contributed by atoms with Crippen LogP contribution in [0, 0.1) is 5.92 Å². The van der Waals surface area contributed by atoms with Crippen LogP contribution in [-0.4, -0.2) is 34.3 Å². The lowest BCUT2D eigenvalue weighted by atomic mass is 9.92. The van der Waals surface area contributed by atoms with Crippen LogP contribution in [-0.2, 0) is 16.0 Å². The number of benzene rings is 3. The Morgan fingerprint density at radius 1 is 0.853 bits per heavy atom. The van der Waals surface area contributed by atoms with Gasteiger partial charge in [-0.15, -0.1) is 0 Å². The van der Waals surface area contributed by atoms with Crippen LogP contribution in [0.5, 0.6) is 0 Å². The molecule has 0 unspecified atom stereocenters. The van der Waals surface area contributed by atoms with Crippen LogP contribution in [0.15, 0.2) is 84.9 Å². The molecule has 1 fully saturated rings. The summed E-state index contributed by atoms with van der Waals surface area (Å²) in [5.41, 5.74) is 2.92. The van der Waals surface area contributed by atoms with Crippen molar-refractivity contribution in [3.05, 3.63) is 96.1 Å². The van der Waals surface area contributed by atoms with Crippen LogP contribution in [0.2, 0.25) is 0 Å². The smallest absolute Gasteiger partial charge is 0.417 e. The fraction of sp³-hybridized carbons (Fsp3) is 0.276. The topological polar surface area (TPSA) is 63.7 Å². The number of carbonyl (C=O) groups excluding carboxylic acids is 3. The number of nitrogens with zero attached hydrogens (tertiary/aromatic N) is 1. The van der Waals surface area contributed by atoms with Gasteiger partial charge in [-0.2, -0.15) is 0 Å². The van der Waals surface area contributed by atoms with E-state index in [1.54, 1.807) is 45.0 Å². The maximum Gasteiger partial charge on any atom is 0.417 e. The van der Waals surface area contributed by atoms with Crippen molar-refractivity contribution in [1.29, 1.82) is 0 Å². The average Bonchev–Trinajstić information content (AvgIpc) is 3.14. The predicted octanol–water partition coefficient (Wildman–Crippen LogP) is 5.93. The standard InChI is InChI=1S/C29H29NO4/c1-29(2,3)34-28(33)30-24(19-25(27(30)32)26(31)23-12-8-5-9-13-23)18-20-14-16-22(17-15-20)21-10-6-4-7-11-21/h4-17,24-25H,18-19H2,1-3H3/t24-,25-/m0/s1. The van der Waals surface area contributed by atoms with E-state index in [0.29, 0.717) is 12.0 Å². The van der Waals surface area contributed by atoms with Gasteiger partial charge >= 0.3 is 6.09 Å². The minimum absolute atomic E-state index is 0.263. The largest absolute Gasteiger partial charge is 0.443 e. The molecule has 0 bridgehead atoms. The summed E-state index contributed by atoms with van der Waals surface area (Å²) in [5.74, 6) is -1.65. The van der Waals surface area contributed by atoms with Crippen molar-refractivity contribution in [1.82, 2.24) is 4.90 Å². The molecular weight excluding hydrogens is 426 g/mol. The quantitative estimate of drug-likeness (QED) is 0.353. The summed E-state index contributed by atoms with van der Waals surface area (Å²) in [6.07, 6.45) is 0.0250. The van der Waals surface area contributed by atoms with Crippen molar-refractivity contribution < 1.29 is 19.1 Å². The fourth-order valence-corrected chi connectivity index (χ4v) is 4.31. The molecular formula is C29H29NO4. The Kier molecular flexibility index (Phi) is 6.64. The lowest BCUT2D eigenvalue weighted by molar-refractivity contribution is -0.130. The highest BCUT2D eigenvalue weighted by molar-refractivity contribution is 6.14. The second-order valence-electron chi connectivity index (χ2n) is 9.63. The van der Waals surface area contributed by atoms with Crippen LogP contribution in [0.3, 0.4) is 0 Å². The Hall–Kier alpha value is -3.73. The molecule has 1 saturated heterocycles. The third kappa shape index (κ3) is 5.25. The van der Waals surface area contributed by atoms with Gasteiger partial charge in [0, 0.05) is 11.6 Å². The van der Waals surface area contributed by atoms with E-state index >= 15 is 0 Å². The summed E-state index contributed by atoms with van der Waals surface area (Å²) in [6.45, 7) is 5.28. The lowest BCUT2D eigenvalue weighted by Crippen LogP contribution is -2.44. The Bertz CT molecular complexity index is 1160. The zero-order valence-electron chi connectivity index (χ0n) is 19.7. The van der Waals surface area contributed by atoms with Gasteiger partial charge in [0.15, 0.2) is 5.78 Å². The molecule has 1 heterocycles. The van der Waals surface area contributed by atoms with Crippen LogP contribution < -0.4 is 0 Å². The Balaban J connectivity index is 1.58. The van der Waals surface area contributed by atoms with E-state index in [0.717, 1.165) is 21.6 Å². The normalized spacial score (nSPS) is 18.1. The molecule has 0 spiro atoms. The first-order valence-corrected chi connectivity index (χ1v) is 11.5. The maximum absolute atomic E-state index is 13.3. The second kappa shape index (κ2) is 9.64. The molecule has 1 aliphatic rings. The number of imide groups is 1. The molecule has 3 aromatic rings. The maximum atomic E-state index is 13.3. The number of amides is 2. The monoisotopic (exact) mass is 455 g/mol. The molecule has 1 aliphatic heterocycles. The summed E-state index contributed by atoms with van der Waals surface area (Å²) in [7, 11) is 0. The highest BCUT2D eigenvalue weighted by atomic mass is 16.6. The first-order chi connectivity index (χ1) is 16.2. The number of rotatable bonds is 5. The Morgan fingerprint density at radius 3 is 2.00 bits per heavy atom. The molecule has 0 N–H and O–H groups in total. The average molecular weight is 456 g/mol. The number of likely N-dealkylation sites (tertiary alicyclic amines) is 1. The Morgan fingerprint density at radius 2 is 1.41 bits per heavy atom. The third-order valence-corrected chi connectivity index (χ3v) is 5.91. The summed E-state index contributed by atoms with van der Waals surface area (Å²) >= 11 is 0. The van der Waals surface area contributed by atoms with Crippen molar-refractivity contribution >= 4 is 17.8 Å². The van der Waals surface area contributed by atoms with Gasteiger partial charge in [0.1, 0.15) is 11.5 Å². The van der Waals surface area contributed by atoms with Crippen molar-refractivity contribution in [3.63, 3.8) is 0 Å². The number of hydrogen-bond acceptors (Lipinski definition) is 4. The van der Waals surface area contributed by atoms with E-state index in [1.807, 2.05) is 48.5 Å². The first kappa shape index (κ1) is 23.4. The Labute approximate surface area is 200 Å². The molecule has 34 heavy (non-hydrogen) atoms. The minimum atomic E-state index is -0.900. The molecule has 3 aromatic carbocycles. The SMILES string of the molecule is CC(C)(C)OC(=O)N1C(=O)[C@H](C(=O)c2ccccc2)C[C@@H]1Cc1ccc(-c2ccccc2)cc1. The number of ketones is 1. The number of Topliss-reactive ketones (excluding diaryl/α,β-unsaturated/α-hetero) is 1. The zero-order chi connectivity index (χ0) is 24.3. The molecule has 0 radical (unpaired) electrons. The molecule has 0 saturated carbocycles. The van der Waals surface area contributed by atoms with Crippen molar-refractivity contribution in [2.24, 2.45) is 5.92 Å². The van der Waals surface area contributed by atoms with E-state index < -0.39 is 29.6 Å². The summed E-state index contributed by atoms with van der Waals surface area (Å²) < 4.78 is 5.53. The van der Waals surface area contributed by atoms with Crippen molar-refractivity contribution in [3.8, 4) is 11.1 Å². The van der Waals surface area contributed by atoms with Crippen LogP contribution in [0.25, 0.3) is 11.1 Å². The van der Waals surface area contributed by atoms with Gasteiger partial charge in [0.05, 0.1) is 0 Å². The van der Waals surface area contributed by atoms with Gasteiger partial charge in [-0.1, -0.05) is 84.9 Å². The van der Waals surface area contributed by atoms with E-state index in [9.17, 15) is 14.4 Å². The highest BCUT2D eigenvalue weighted by Gasteiger charge is 2.47. The van der Waals surface area contributed by atoms with Crippen LogP contribution in [0.4, 0.5) is 4.79 Å². The number of carbonyl (C=O) groups is 3. The summed E-state index contributed by atoms with van der Waals surface area (Å²) in [4.78, 5) is 40.5. The molecule has 0 aliphatic carbocycles. The van der Waals surface area contributed by atoms with Gasteiger partial charge in [-0.3, -0.25) is 9.59 Å². The summed E-state index contributed by atoms with van der Waals surface area (Å²) in [6, 6.07) is 26.4. The number of hydrogen-bond donors (Lipinski definition) is 0. The molecule has 0 aromatic heterocycles. The first-order valence-electron chi connectivity index (χ1n) is 11.5. The predicted molar refractivity (Wildman–Crippen MR) is 131 cm³/mol. The van der Waals surface area contributed by atoms with E-state index in [1.165, 1.54) is 0 Å². The third-order valence-electron chi connectivity index (χ3n) is 5.91. The number of ether oxygens (including phenoxy) is 1. The fourth-order valence-electron chi connectivity index (χ4n) is 4.31. The van der Waals surface area contributed by atoms with Gasteiger partial charge < -0.3 is 4.74 Å². The molecule has 5 nitrogen and oxygen atoms in total. The molecule has 2 atom stereocenters. The lowest BCUT2D eigenvalue weighted by Gasteiger charge is -2.27. The van der Waals surface area contributed by atoms with Crippen molar-refractivity contribution in [2.75, 3.05) is 0 Å². The summed E-state index contributed by atoms with van der Waals surface area (Å²) in [5, 5.41) is 0. The van der Waals surface area contributed by atoms with Gasteiger partial charge in [0.2, 0.25) is 5.91 Å². The van der Waals surface area contributed by atoms with E-state index in [2.05, 4.69) is 12.1 Å². The van der Waals surface area contributed by atoms with Crippen LogP contribution in [0.1, 0.15) is 43.1 Å². The van der Waals surface area contributed by atoms with Crippen LogP contribution >= 0.6 is 0 Å². The van der Waals surface area contributed by atoms with Gasteiger partial charge in [-0.05, 0) is 50.3 Å². The van der Waals surface area contributed by atoms with E-state index in [-0.39, 0.29) is 12.2 Å². The highest BCUT2D eigenvalue weighted by Crippen LogP contribution is 2.32. The minimum Gasteiger partial charge on any atom is -0.443 e. The molecule has 2 amide bonds. The molecule has 5 heteroatoms. The van der Waals surface area contributed by atoms with Crippen molar-refractivity contribution in [2.45, 2.75) is 45.3 Å².